The number of carbonyl (C=O) groups is 2. The number of nitrogens with zero attached hydrogens (tertiary/aromatic N) is 1. The van der Waals surface area contributed by atoms with E-state index in [4.69, 9.17) is 5.73 Å². The third-order valence-corrected chi connectivity index (χ3v) is 6.88. The number of halogens is 2. The van der Waals surface area contributed by atoms with Crippen molar-refractivity contribution in [3.8, 4) is 0 Å². The molecule has 1 aliphatic carbocycles. The standard InChI is InChI=1S/C22H32N4O2.2ClH/c23-20(27)18-5-2-10-26(15-18)14-17-4-1-3-16(11-17)13-25-21(28)19-12-22(19)6-8-24-9-7-22;;/h1,3-4,11,18-19,24H,2,5-10,12-15H2,(H2,23,27)(H,25,28);2*1H. The van der Waals surface area contributed by atoms with Gasteiger partial charge in [-0.05, 0) is 68.3 Å². The molecular weight excluding hydrogens is 423 g/mol. The fourth-order valence-electron chi connectivity index (χ4n) is 5.04. The first kappa shape index (κ1) is 24.9. The van der Waals surface area contributed by atoms with Crippen LogP contribution in [-0.2, 0) is 22.7 Å². The lowest BCUT2D eigenvalue weighted by Crippen LogP contribution is -2.40. The van der Waals surface area contributed by atoms with Crippen LogP contribution in [0.2, 0.25) is 0 Å². The summed E-state index contributed by atoms with van der Waals surface area (Å²) in [7, 11) is 0. The molecule has 0 aromatic heterocycles. The normalized spacial score (nSPS) is 24.9. The molecule has 2 atom stereocenters. The molecule has 1 spiro atoms. The number of hydrogen-bond acceptors (Lipinski definition) is 4. The second kappa shape index (κ2) is 10.8. The van der Waals surface area contributed by atoms with Crippen molar-refractivity contribution in [3.05, 3.63) is 35.4 Å². The molecule has 1 saturated carbocycles. The summed E-state index contributed by atoms with van der Waals surface area (Å²) in [5.41, 5.74) is 8.12. The summed E-state index contributed by atoms with van der Waals surface area (Å²) in [6, 6.07) is 8.41. The predicted molar refractivity (Wildman–Crippen MR) is 123 cm³/mol. The average Bonchev–Trinajstić information content (AvgIpc) is 3.40. The van der Waals surface area contributed by atoms with E-state index in [1.165, 1.54) is 5.56 Å². The van der Waals surface area contributed by atoms with E-state index in [1.807, 2.05) is 0 Å². The molecule has 0 bridgehead atoms. The molecule has 4 N–H and O–H groups in total. The van der Waals surface area contributed by atoms with E-state index < -0.39 is 0 Å². The number of rotatable bonds is 6. The highest BCUT2D eigenvalue weighted by Gasteiger charge is 2.57. The van der Waals surface area contributed by atoms with Gasteiger partial charge in [-0.1, -0.05) is 24.3 Å². The zero-order chi connectivity index (χ0) is 19.6. The number of nitrogens with two attached hydrogens (primary N) is 1. The highest BCUT2D eigenvalue weighted by atomic mass is 35.5. The maximum absolute atomic E-state index is 12.6. The smallest absolute Gasteiger partial charge is 0.223 e. The van der Waals surface area contributed by atoms with E-state index in [0.29, 0.717) is 6.54 Å². The Bertz CT molecular complexity index is 740. The summed E-state index contributed by atoms with van der Waals surface area (Å²) in [6.45, 7) is 5.24. The Balaban J connectivity index is 0.00000160. The summed E-state index contributed by atoms with van der Waals surface area (Å²) in [5.74, 6) is 0.203. The second-order valence-electron chi connectivity index (χ2n) is 8.88. The van der Waals surface area contributed by atoms with Crippen LogP contribution in [0.25, 0.3) is 0 Å². The number of primary amides is 1. The molecule has 1 aromatic rings. The van der Waals surface area contributed by atoms with Gasteiger partial charge in [0.15, 0.2) is 0 Å². The number of nitrogens with one attached hydrogen (secondary N) is 2. The third-order valence-electron chi connectivity index (χ3n) is 6.88. The van der Waals surface area contributed by atoms with Crippen LogP contribution in [-0.4, -0.2) is 42.9 Å². The molecule has 4 rings (SSSR count). The Labute approximate surface area is 191 Å². The Morgan fingerprint density at radius 1 is 1.20 bits per heavy atom. The van der Waals surface area contributed by atoms with Crippen molar-refractivity contribution in [1.29, 1.82) is 0 Å². The van der Waals surface area contributed by atoms with Gasteiger partial charge in [-0.3, -0.25) is 14.5 Å². The van der Waals surface area contributed by atoms with Gasteiger partial charge in [0.25, 0.3) is 0 Å². The van der Waals surface area contributed by atoms with Crippen molar-refractivity contribution in [3.63, 3.8) is 0 Å². The van der Waals surface area contributed by atoms with Crippen LogP contribution in [0.4, 0.5) is 0 Å². The maximum atomic E-state index is 12.6. The monoisotopic (exact) mass is 456 g/mol. The van der Waals surface area contributed by atoms with Crippen molar-refractivity contribution in [2.45, 2.75) is 45.2 Å². The molecule has 6 nitrogen and oxygen atoms in total. The molecule has 2 aliphatic heterocycles. The number of carbonyl (C=O) groups excluding carboxylic acids is 2. The lowest BCUT2D eigenvalue weighted by molar-refractivity contribution is -0.124. The van der Waals surface area contributed by atoms with Crippen molar-refractivity contribution in [1.82, 2.24) is 15.5 Å². The van der Waals surface area contributed by atoms with E-state index in [9.17, 15) is 9.59 Å². The van der Waals surface area contributed by atoms with Crippen molar-refractivity contribution in [2.75, 3.05) is 26.2 Å². The molecule has 2 amide bonds. The minimum atomic E-state index is -0.187. The highest BCUT2D eigenvalue weighted by Crippen LogP contribution is 2.58. The van der Waals surface area contributed by atoms with E-state index in [-0.39, 0.29) is 53.9 Å². The van der Waals surface area contributed by atoms with Crippen LogP contribution in [0, 0.1) is 17.3 Å². The fraction of sp³-hybridized carbons (Fsp3) is 0.636. The Hall–Kier alpha value is -1.34. The second-order valence-corrected chi connectivity index (χ2v) is 8.88. The minimum Gasteiger partial charge on any atom is -0.369 e. The molecule has 1 aromatic carbocycles. The molecule has 8 heteroatoms. The van der Waals surface area contributed by atoms with Gasteiger partial charge in [0.05, 0.1) is 5.92 Å². The van der Waals surface area contributed by atoms with Gasteiger partial charge in [0, 0.05) is 25.6 Å². The summed E-state index contributed by atoms with van der Waals surface area (Å²) in [5, 5.41) is 6.54. The molecular formula is C22H34Cl2N4O2. The largest absolute Gasteiger partial charge is 0.369 e. The maximum Gasteiger partial charge on any atom is 0.223 e. The first-order chi connectivity index (χ1) is 13.6. The zero-order valence-corrected chi connectivity index (χ0v) is 19.0. The predicted octanol–water partition coefficient (Wildman–Crippen LogP) is 2.23. The van der Waals surface area contributed by atoms with Crippen molar-refractivity contribution < 1.29 is 9.59 Å². The third kappa shape index (κ3) is 5.88. The van der Waals surface area contributed by atoms with Crippen LogP contribution < -0.4 is 16.4 Å². The van der Waals surface area contributed by atoms with Gasteiger partial charge in [-0.2, -0.15) is 0 Å². The van der Waals surface area contributed by atoms with Crippen LogP contribution >= 0.6 is 24.8 Å². The first-order valence-electron chi connectivity index (χ1n) is 10.6. The lowest BCUT2D eigenvalue weighted by atomic mass is 9.92. The number of hydrogen-bond donors (Lipinski definition) is 3. The summed E-state index contributed by atoms with van der Waals surface area (Å²) in [6.07, 6.45) is 5.22. The number of amides is 2. The summed E-state index contributed by atoms with van der Waals surface area (Å²) in [4.78, 5) is 26.4. The van der Waals surface area contributed by atoms with Crippen molar-refractivity contribution >= 4 is 36.6 Å². The topological polar surface area (TPSA) is 87.5 Å². The number of piperidine rings is 2. The number of benzene rings is 1. The molecule has 3 fully saturated rings. The Morgan fingerprint density at radius 2 is 1.93 bits per heavy atom. The summed E-state index contributed by atoms with van der Waals surface area (Å²) >= 11 is 0. The molecule has 0 radical (unpaired) electrons. The van der Waals surface area contributed by atoms with Crippen LogP contribution in [0.3, 0.4) is 0 Å². The SMILES string of the molecule is Cl.Cl.NC(=O)C1CCCN(Cc2cccc(CNC(=O)C3CC34CCNCC4)c2)C1. The molecule has 168 valence electrons. The van der Waals surface area contributed by atoms with Gasteiger partial charge in [0.2, 0.25) is 11.8 Å². The first-order valence-corrected chi connectivity index (χ1v) is 10.6. The van der Waals surface area contributed by atoms with Gasteiger partial charge in [0.1, 0.15) is 0 Å². The minimum absolute atomic E-state index is 0. The Morgan fingerprint density at radius 3 is 2.67 bits per heavy atom. The van der Waals surface area contributed by atoms with Gasteiger partial charge in [-0.15, -0.1) is 24.8 Å². The summed E-state index contributed by atoms with van der Waals surface area (Å²) < 4.78 is 0. The van der Waals surface area contributed by atoms with Gasteiger partial charge in [-0.25, -0.2) is 0 Å². The van der Waals surface area contributed by atoms with Gasteiger partial charge < -0.3 is 16.4 Å². The van der Waals surface area contributed by atoms with Crippen LogP contribution in [0.1, 0.15) is 43.2 Å². The highest BCUT2D eigenvalue weighted by molar-refractivity contribution is 5.85. The van der Waals surface area contributed by atoms with Gasteiger partial charge >= 0.3 is 0 Å². The molecule has 2 unspecified atom stereocenters. The Kier molecular flexibility index (Phi) is 8.98. The molecule has 3 aliphatic rings. The zero-order valence-electron chi connectivity index (χ0n) is 17.4. The fourth-order valence-corrected chi connectivity index (χ4v) is 5.04. The molecule has 2 saturated heterocycles. The average molecular weight is 457 g/mol. The van der Waals surface area contributed by atoms with Crippen molar-refractivity contribution in [2.24, 2.45) is 23.0 Å². The molecule has 30 heavy (non-hydrogen) atoms. The van der Waals surface area contributed by atoms with E-state index in [0.717, 1.165) is 70.4 Å². The van der Waals surface area contributed by atoms with Crippen LogP contribution in [0.5, 0.6) is 0 Å². The number of likely N-dealkylation sites (tertiary alicyclic amines) is 1. The van der Waals surface area contributed by atoms with E-state index in [1.54, 1.807) is 0 Å². The van der Waals surface area contributed by atoms with Crippen LogP contribution in [0.15, 0.2) is 24.3 Å². The van der Waals surface area contributed by atoms with E-state index in [2.05, 4.69) is 39.8 Å². The lowest BCUT2D eigenvalue weighted by Gasteiger charge is -2.31. The molecule has 2 heterocycles. The van der Waals surface area contributed by atoms with E-state index >= 15 is 0 Å². The quantitative estimate of drug-likeness (QED) is 0.612.